The largest absolute Gasteiger partial charge is 0.534 e. The van der Waals surface area contributed by atoms with Gasteiger partial charge in [0.1, 0.15) is 5.75 Å². The molecule has 0 aliphatic carbocycles. The summed E-state index contributed by atoms with van der Waals surface area (Å²) in [5.41, 5.74) is -5.18. The molecule has 3 rings (SSSR count). The van der Waals surface area contributed by atoms with Crippen LogP contribution in [0.4, 0.5) is 13.2 Å². The number of nitrogens with one attached hydrogen (secondary N) is 1. The van der Waals surface area contributed by atoms with Crippen LogP contribution in [0.5, 0.6) is 5.75 Å². The molecule has 2 aliphatic rings. The fraction of sp³-hybridized carbons (Fsp3) is 0.588. The summed E-state index contributed by atoms with van der Waals surface area (Å²) >= 11 is 12.6. The van der Waals surface area contributed by atoms with Crippen LogP contribution < -0.4 is 9.50 Å². The van der Waals surface area contributed by atoms with E-state index in [1.165, 1.54) is 0 Å². The van der Waals surface area contributed by atoms with Gasteiger partial charge in [-0.05, 0) is 30.7 Å². The average molecular weight is 476 g/mol. The third-order valence-electron chi connectivity index (χ3n) is 5.17. The van der Waals surface area contributed by atoms with Crippen molar-refractivity contribution < 1.29 is 35.3 Å². The quantitative estimate of drug-likeness (QED) is 0.516. The third-order valence-corrected chi connectivity index (χ3v) is 6.78. The average Bonchev–Trinajstić information content (AvgIpc) is 3.03. The first kappa shape index (κ1) is 22.5. The molecule has 12 heteroatoms. The fourth-order valence-electron chi connectivity index (χ4n) is 3.90. The van der Waals surface area contributed by atoms with Gasteiger partial charge in [-0.1, -0.05) is 23.2 Å². The second kappa shape index (κ2) is 8.49. The van der Waals surface area contributed by atoms with E-state index in [0.29, 0.717) is 44.6 Å². The lowest BCUT2D eigenvalue weighted by Gasteiger charge is -2.34. The van der Waals surface area contributed by atoms with E-state index < -0.39 is 27.3 Å². The van der Waals surface area contributed by atoms with Crippen molar-refractivity contribution in [3.8, 4) is 5.75 Å². The number of benzene rings is 1. The first-order chi connectivity index (χ1) is 13.5. The molecule has 2 saturated heterocycles. The summed E-state index contributed by atoms with van der Waals surface area (Å²) in [5, 5.41) is 2.66. The van der Waals surface area contributed by atoms with E-state index in [1.807, 2.05) is 0 Å². The van der Waals surface area contributed by atoms with Gasteiger partial charge in [0.05, 0.1) is 0 Å². The van der Waals surface area contributed by atoms with Crippen molar-refractivity contribution in [2.24, 2.45) is 11.8 Å². The van der Waals surface area contributed by atoms with Gasteiger partial charge in [-0.25, -0.2) is 0 Å². The molecule has 0 spiro atoms. The summed E-state index contributed by atoms with van der Waals surface area (Å²) in [6.07, 6.45) is 1.90. The number of alkyl halides is 3. The minimum atomic E-state index is -5.86. The van der Waals surface area contributed by atoms with Crippen LogP contribution in [0.2, 0.25) is 10.0 Å². The van der Waals surface area contributed by atoms with Crippen LogP contribution in [0, 0.1) is 11.8 Å². The third kappa shape index (κ3) is 4.76. The standard InChI is InChI=1S/C17H18Cl2F3NO5S/c18-12-7-10(28-29(25,26)17(20,21)22)8-13(19)15(12)14(9-2-5-27-6-3-9)11-1-4-23-16(11)24/h7-9,11,14H,1-6H2,(H,23,24)/t11-,14?/m1/s1. The van der Waals surface area contributed by atoms with E-state index in [0.717, 1.165) is 12.1 Å². The maximum Gasteiger partial charge on any atom is 0.534 e. The van der Waals surface area contributed by atoms with E-state index in [2.05, 4.69) is 9.50 Å². The summed E-state index contributed by atoms with van der Waals surface area (Å²) in [4.78, 5) is 12.4. The Hall–Kier alpha value is -1.23. The fourth-order valence-corrected chi connectivity index (χ4v) is 5.06. The van der Waals surface area contributed by atoms with Crippen LogP contribution in [0.25, 0.3) is 0 Å². The Labute approximate surface area is 175 Å². The number of amides is 1. The number of halogens is 5. The zero-order valence-corrected chi connectivity index (χ0v) is 17.3. The Morgan fingerprint density at radius 3 is 2.21 bits per heavy atom. The zero-order valence-electron chi connectivity index (χ0n) is 15.0. The van der Waals surface area contributed by atoms with Crippen molar-refractivity contribution >= 4 is 39.2 Å². The minimum absolute atomic E-state index is 0.0262. The van der Waals surface area contributed by atoms with Crippen molar-refractivity contribution in [1.29, 1.82) is 0 Å². The van der Waals surface area contributed by atoms with Crippen LogP contribution in [-0.4, -0.2) is 39.6 Å². The van der Waals surface area contributed by atoms with E-state index in [-0.39, 0.29) is 27.8 Å². The highest BCUT2D eigenvalue weighted by molar-refractivity contribution is 7.88. The second-order valence-electron chi connectivity index (χ2n) is 6.95. The van der Waals surface area contributed by atoms with Crippen LogP contribution in [0.15, 0.2) is 12.1 Å². The van der Waals surface area contributed by atoms with Gasteiger partial charge in [0.25, 0.3) is 0 Å². The Morgan fingerprint density at radius 2 is 1.72 bits per heavy atom. The van der Waals surface area contributed by atoms with Crippen LogP contribution in [0.1, 0.15) is 30.7 Å². The number of hydrogen-bond acceptors (Lipinski definition) is 5. The van der Waals surface area contributed by atoms with E-state index in [1.54, 1.807) is 0 Å². The van der Waals surface area contributed by atoms with E-state index in [4.69, 9.17) is 27.9 Å². The first-order valence-corrected chi connectivity index (χ1v) is 11.0. The maximum absolute atomic E-state index is 12.6. The molecule has 0 bridgehead atoms. The molecule has 2 fully saturated rings. The number of rotatable bonds is 5. The molecule has 0 radical (unpaired) electrons. The molecule has 1 amide bonds. The molecular weight excluding hydrogens is 458 g/mol. The summed E-state index contributed by atoms with van der Waals surface area (Å²) in [6.45, 7) is 1.52. The molecule has 2 atom stereocenters. The second-order valence-corrected chi connectivity index (χ2v) is 9.30. The predicted octanol–water partition coefficient (Wildman–Crippen LogP) is 3.87. The van der Waals surface area contributed by atoms with Gasteiger partial charge in [-0.2, -0.15) is 21.6 Å². The van der Waals surface area contributed by atoms with Gasteiger partial charge in [-0.15, -0.1) is 0 Å². The van der Waals surface area contributed by atoms with Crippen molar-refractivity contribution in [2.45, 2.75) is 30.7 Å². The van der Waals surface area contributed by atoms with Crippen LogP contribution in [-0.2, 0) is 19.6 Å². The van der Waals surface area contributed by atoms with Crippen LogP contribution in [0.3, 0.4) is 0 Å². The van der Waals surface area contributed by atoms with E-state index in [9.17, 15) is 26.4 Å². The van der Waals surface area contributed by atoms with E-state index >= 15 is 0 Å². The molecule has 0 saturated carbocycles. The molecule has 29 heavy (non-hydrogen) atoms. The Kier molecular flexibility index (Phi) is 6.57. The van der Waals surface area contributed by atoms with Gasteiger partial charge < -0.3 is 14.2 Å². The summed E-state index contributed by atoms with van der Waals surface area (Å²) in [7, 11) is -5.86. The zero-order chi connectivity index (χ0) is 21.4. The van der Waals surface area contributed by atoms with Crippen molar-refractivity contribution in [3.63, 3.8) is 0 Å². The molecule has 2 aliphatic heterocycles. The lowest BCUT2D eigenvalue weighted by atomic mass is 9.73. The molecule has 1 unspecified atom stereocenters. The number of hydrogen-bond donors (Lipinski definition) is 1. The number of ether oxygens (including phenoxy) is 1. The van der Waals surface area contributed by atoms with Gasteiger partial charge in [0.2, 0.25) is 5.91 Å². The molecule has 1 N–H and O–H groups in total. The van der Waals surface area contributed by atoms with Crippen molar-refractivity contribution in [1.82, 2.24) is 5.32 Å². The van der Waals surface area contributed by atoms with Crippen LogP contribution >= 0.6 is 23.2 Å². The van der Waals surface area contributed by atoms with Gasteiger partial charge in [-0.3, -0.25) is 4.79 Å². The van der Waals surface area contributed by atoms with Gasteiger partial charge in [0.15, 0.2) is 0 Å². The Balaban J connectivity index is 1.99. The highest BCUT2D eigenvalue weighted by atomic mass is 35.5. The highest BCUT2D eigenvalue weighted by Crippen LogP contribution is 2.47. The molecular formula is C17H18Cl2F3NO5S. The SMILES string of the molecule is O=C1NCC[C@@H]1C(c1c(Cl)cc(OS(=O)(=O)C(F)(F)F)cc1Cl)C1CCOCC1. The normalized spacial score (nSPS) is 22.4. The Morgan fingerprint density at radius 1 is 1.14 bits per heavy atom. The topological polar surface area (TPSA) is 81.7 Å². The predicted molar refractivity (Wildman–Crippen MR) is 99.5 cm³/mol. The lowest BCUT2D eigenvalue weighted by Crippen LogP contribution is -2.32. The molecule has 0 aromatic heterocycles. The molecule has 2 heterocycles. The Bertz CT molecular complexity index is 865. The van der Waals surface area contributed by atoms with Crippen molar-refractivity contribution in [2.75, 3.05) is 19.8 Å². The van der Waals surface area contributed by atoms with Crippen molar-refractivity contribution in [3.05, 3.63) is 27.7 Å². The lowest BCUT2D eigenvalue weighted by molar-refractivity contribution is -0.123. The monoisotopic (exact) mass is 475 g/mol. The smallest absolute Gasteiger partial charge is 0.381 e. The molecule has 1 aromatic rings. The summed E-state index contributed by atoms with van der Waals surface area (Å²) < 4.78 is 69.8. The van der Waals surface area contributed by atoms with Gasteiger partial charge >= 0.3 is 15.6 Å². The molecule has 6 nitrogen and oxygen atoms in total. The van der Waals surface area contributed by atoms with Gasteiger partial charge in [0, 0.05) is 53.8 Å². The maximum atomic E-state index is 12.6. The highest BCUT2D eigenvalue weighted by Gasteiger charge is 2.49. The number of carbonyl (C=O) groups is 1. The number of carbonyl (C=O) groups excluding carboxylic acids is 1. The molecule has 1 aromatic carbocycles. The summed E-state index contributed by atoms with van der Waals surface area (Å²) in [6, 6.07) is 1.95. The first-order valence-electron chi connectivity index (χ1n) is 8.86. The minimum Gasteiger partial charge on any atom is -0.381 e. The molecule has 162 valence electrons. The summed E-state index contributed by atoms with van der Waals surface area (Å²) in [5.74, 6) is -1.55.